The van der Waals surface area contributed by atoms with Gasteiger partial charge in [-0.3, -0.25) is 0 Å². The van der Waals surface area contributed by atoms with Crippen LogP contribution in [0.4, 0.5) is 28.2 Å². The van der Waals surface area contributed by atoms with Crippen LogP contribution in [0.5, 0.6) is 0 Å². The monoisotopic (exact) mass is 426 g/mol. The summed E-state index contributed by atoms with van der Waals surface area (Å²) in [6.07, 6.45) is -3.46. The fourth-order valence-corrected chi connectivity index (χ4v) is 3.02. The number of alkyl halides is 3. The van der Waals surface area contributed by atoms with E-state index in [0.29, 0.717) is 50.6 Å². The number of urea groups is 1. The molecule has 30 heavy (non-hydrogen) atoms. The SMILES string of the molecule is O=C(NCCCNc1ccc(C(F)(F)F)cn1)N1CCOC(c2cccc(F)c2)C1. The molecule has 2 N–H and O–H groups in total. The van der Waals surface area contributed by atoms with Crippen LogP contribution in [0.2, 0.25) is 0 Å². The first-order chi connectivity index (χ1) is 14.3. The van der Waals surface area contributed by atoms with Gasteiger partial charge in [0.25, 0.3) is 0 Å². The number of pyridine rings is 1. The summed E-state index contributed by atoms with van der Waals surface area (Å²) in [7, 11) is 0. The van der Waals surface area contributed by atoms with Crippen molar-refractivity contribution in [1.82, 2.24) is 15.2 Å². The maximum absolute atomic E-state index is 13.4. The molecule has 1 saturated heterocycles. The molecule has 2 amide bonds. The minimum atomic E-state index is -4.41. The molecule has 1 aromatic heterocycles. The summed E-state index contributed by atoms with van der Waals surface area (Å²) < 4.78 is 56.6. The van der Waals surface area contributed by atoms with Gasteiger partial charge in [-0.05, 0) is 36.2 Å². The molecule has 2 aromatic rings. The second kappa shape index (κ2) is 9.75. The number of carbonyl (C=O) groups excluding carboxylic acids is 1. The van der Waals surface area contributed by atoms with Crippen LogP contribution in [0.3, 0.4) is 0 Å². The Kier molecular flexibility index (Phi) is 7.09. The highest BCUT2D eigenvalue weighted by Crippen LogP contribution is 2.28. The van der Waals surface area contributed by atoms with Crippen LogP contribution in [0.15, 0.2) is 42.6 Å². The van der Waals surface area contributed by atoms with Crippen LogP contribution >= 0.6 is 0 Å². The Morgan fingerprint density at radius 2 is 2.07 bits per heavy atom. The molecule has 0 aliphatic carbocycles. The van der Waals surface area contributed by atoms with Gasteiger partial charge >= 0.3 is 12.2 Å². The average molecular weight is 426 g/mol. The zero-order chi connectivity index (χ0) is 21.6. The van der Waals surface area contributed by atoms with Gasteiger partial charge in [-0.1, -0.05) is 12.1 Å². The molecular weight excluding hydrogens is 404 g/mol. The lowest BCUT2D eigenvalue weighted by molar-refractivity contribution is -0.137. The van der Waals surface area contributed by atoms with Crippen LogP contribution in [0, 0.1) is 5.82 Å². The van der Waals surface area contributed by atoms with Crippen molar-refractivity contribution < 1.29 is 27.1 Å². The number of anilines is 1. The number of rotatable bonds is 6. The Morgan fingerprint density at radius 1 is 1.23 bits per heavy atom. The predicted molar refractivity (Wildman–Crippen MR) is 102 cm³/mol. The van der Waals surface area contributed by atoms with Crippen LogP contribution in [-0.2, 0) is 10.9 Å². The van der Waals surface area contributed by atoms with E-state index in [0.717, 1.165) is 12.3 Å². The summed E-state index contributed by atoms with van der Waals surface area (Å²) >= 11 is 0. The molecule has 0 radical (unpaired) electrons. The normalized spacial score (nSPS) is 16.9. The Bertz CT molecular complexity index is 845. The Hall–Kier alpha value is -2.88. The van der Waals surface area contributed by atoms with E-state index in [1.807, 2.05) is 0 Å². The molecule has 0 saturated carbocycles. The summed E-state index contributed by atoms with van der Waals surface area (Å²) in [4.78, 5) is 17.7. The molecule has 6 nitrogen and oxygen atoms in total. The smallest absolute Gasteiger partial charge is 0.370 e. The van der Waals surface area contributed by atoms with Crippen molar-refractivity contribution in [2.24, 2.45) is 0 Å². The van der Waals surface area contributed by atoms with Crippen molar-refractivity contribution >= 4 is 11.8 Å². The maximum Gasteiger partial charge on any atom is 0.417 e. The zero-order valence-corrected chi connectivity index (χ0v) is 16.1. The second-order valence-corrected chi connectivity index (χ2v) is 6.80. The van der Waals surface area contributed by atoms with E-state index in [-0.39, 0.29) is 18.0 Å². The number of hydrogen-bond donors (Lipinski definition) is 2. The summed E-state index contributed by atoms with van der Waals surface area (Å²) in [6, 6.07) is 8.10. The van der Waals surface area contributed by atoms with Gasteiger partial charge in [0.15, 0.2) is 0 Å². The number of halogens is 4. The highest BCUT2D eigenvalue weighted by Gasteiger charge is 2.30. The lowest BCUT2D eigenvalue weighted by atomic mass is 10.1. The summed E-state index contributed by atoms with van der Waals surface area (Å²) in [5.41, 5.74) is -0.122. The second-order valence-electron chi connectivity index (χ2n) is 6.80. The minimum Gasteiger partial charge on any atom is -0.370 e. The Morgan fingerprint density at radius 3 is 2.77 bits per heavy atom. The standard InChI is InChI=1S/C20H22F4N4O2/c21-16-4-1-3-14(11-16)17-13-28(9-10-30-17)19(29)26-8-2-7-25-18-6-5-15(12-27-18)20(22,23)24/h1,3-6,11-12,17H,2,7-10,13H2,(H,25,27)(H,26,29). The van der Waals surface area contributed by atoms with Crippen molar-refractivity contribution in [3.8, 4) is 0 Å². The number of nitrogens with zero attached hydrogens (tertiary/aromatic N) is 2. The lowest BCUT2D eigenvalue weighted by Crippen LogP contribution is -2.47. The van der Waals surface area contributed by atoms with E-state index < -0.39 is 11.7 Å². The van der Waals surface area contributed by atoms with Crippen molar-refractivity contribution in [2.75, 3.05) is 38.1 Å². The van der Waals surface area contributed by atoms with Crippen molar-refractivity contribution in [3.05, 3.63) is 59.5 Å². The van der Waals surface area contributed by atoms with Gasteiger partial charge in [-0.2, -0.15) is 13.2 Å². The third-order valence-corrected chi connectivity index (χ3v) is 4.60. The summed E-state index contributed by atoms with van der Waals surface area (Å²) in [6.45, 7) is 1.94. The molecule has 1 aromatic carbocycles. The minimum absolute atomic E-state index is 0.243. The molecule has 1 unspecified atom stereocenters. The van der Waals surface area contributed by atoms with Gasteiger partial charge in [0.1, 0.15) is 17.7 Å². The third-order valence-electron chi connectivity index (χ3n) is 4.60. The van der Waals surface area contributed by atoms with Crippen LogP contribution in [0.25, 0.3) is 0 Å². The largest absolute Gasteiger partial charge is 0.417 e. The first-order valence-electron chi connectivity index (χ1n) is 9.50. The number of amides is 2. The molecule has 0 spiro atoms. The topological polar surface area (TPSA) is 66.5 Å². The van der Waals surface area contributed by atoms with E-state index >= 15 is 0 Å². The van der Waals surface area contributed by atoms with Crippen LogP contribution in [0.1, 0.15) is 23.7 Å². The van der Waals surface area contributed by atoms with Crippen LogP contribution in [-0.4, -0.2) is 48.7 Å². The molecule has 2 heterocycles. The van der Waals surface area contributed by atoms with E-state index in [2.05, 4.69) is 15.6 Å². The van der Waals surface area contributed by atoms with E-state index in [1.54, 1.807) is 17.0 Å². The van der Waals surface area contributed by atoms with E-state index in [4.69, 9.17) is 4.74 Å². The highest BCUT2D eigenvalue weighted by molar-refractivity contribution is 5.74. The number of nitrogens with one attached hydrogen (secondary N) is 2. The van der Waals surface area contributed by atoms with Crippen molar-refractivity contribution in [2.45, 2.75) is 18.7 Å². The lowest BCUT2D eigenvalue weighted by Gasteiger charge is -2.33. The van der Waals surface area contributed by atoms with Gasteiger partial charge in [0.05, 0.1) is 18.7 Å². The molecule has 1 atom stereocenters. The Labute approximate surface area is 171 Å². The third kappa shape index (κ3) is 6.06. The fraction of sp³-hybridized carbons (Fsp3) is 0.400. The number of morpholine rings is 1. The number of benzene rings is 1. The molecule has 0 bridgehead atoms. The molecule has 10 heteroatoms. The van der Waals surface area contributed by atoms with Crippen LogP contribution < -0.4 is 10.6 Å². The predicted octanol–water partition coefficient (Wildman–Crippen LogP) is 3.82. The highest BCUT2D eigenvalue weighted by atomic mass is 19.4. The fourth-order valence-electron chi connectivity index (χ4n) is 3.02. The van der Waals surface area contributed by atoms with Gasteiger partial charge in [0.2, 0.25) is 0 Å². The number of carbonyl (C=O) groups is 1. The molecule has 1 aliphatic heterocycles. The summed E-state index contributed by atoms with van der Waals surface area (Å²) in [5.74, 6) is -0.0202. The summed E-state index contributed by atoms with van der Waals surface area (Å²) in [5, 5.41) is 5.71. The molecule has 3 rings (SSSR count). The molecule has 162 valence electrons. The van der Waals surface area contributed by atoms with Gasteiger partial charge in [-0.15, -0.1) is 0 Å². The van der Waals surface area contributed by atoms with E-state index in [9.17, 15) is 22.4 Å². The number of hydrogen-bond acceptors (Lipinski definition) is 4. The average Bonchev–Trinajstić information content (AvgIpc) is 2.73. The molecule has 1 fully saturated rings. The van der Waals surface area contributed by atoms with Crippen molar-refractivity contribution in [3.63, 3.8) is 0 Å². The first-order valence-corrected chi connectivity index (χ1v) is 9.50. The quantitative estimate of drug-likeness (QED) is 0.545. The number of ether oxygens (including phenoxy) is 1. The van der Waals surface area contributed by atoms with Gasteiger partial charge in [-0.25, -0.2) is 14.2 Å². The van der Waals surface area contributed by atoms with Crippen molar-refractivity contribution in [1.29, 1.82) is 0 Å². The zero-order valence-electron chi connectivity index (χ0n) is 16.1. The van der Waals surface area contributed by atoms with Gasteiger partial charge < -0.3 is 20.3 Å². The Balaban J connectivity index is 1.38. The number of aromatic nitrogens is 1. The molecule has 1 aliphatic rings. The molecular formula is C20H22F4N4O2. The maximum atomic E-state index is 13.4. The first kappa shape index (κ1) is 21.8. The van der Waals surface area contributed by atoms with E-state index in [1.165, 1.54) is 18.2 Å². The van der Waals surface area contributed by atoms with Gasteiger partial charge in [0, 0.05) is 25.8 Å².